The lowest BCUT2D eigenvalue weighted by Gasteiger charge is -2.30. The predicted octanol–water partition coefficient (Wildman–Crippen LogP) is 4.96. The van der Waals surface area contributed by atoms with E-state index in [0.717, 1.165) is 0 Å². The Morgan fingerprint density at radius 1 is 1.23 bits per heavy atom. The number of amides is 1. The van der Waals surface area contributed by atoms with Gasteiger partial charge in [0.25, 0.3) is 0 Å². The molecule has 0 spiro atoms. The smallest absolute Gasteiger partial charge is 0.339 e. The lowest BCUT2D eigenvalue weighted by molar-refractivity contribution is -0.161. The number of rotatable bonds is 10. The Kier molecular flexibility index (Phi) is 9.80. The number of nitrogens with one attached hydrogen (secondary N) is 2. The molecule has 1 aromatic rings. The van der Waals surface area contributed by atoms with Crippen LogP contribution in [0, 0.1) is 23.7 Å². The van der Waals surface area contributed by atoms with Crippen LogP contribution in [0.15, 0.2) is 28.7 Å². The number of hydrogen-bond donors (Lipinski definition) is 2. The third-order valence-electron chi connectivity index (χ3n) is 4.19. The van der Waals surface area contributed by atoms with Gasteiger partial charge in [0.05, 0.1) is 12.1 Å². The van der Waals surface area contributed by atoms with Gasteiger partial charge in [0.2, 0.25) is 5.91 Å². The highest BCUT2D eigenvalue weighted by molar-refractivity contribution is 9.10. The number of nitrogens with zero attached hydrogens (tertiary/aromatic N) is 1. The van der Waals surface area contributed by atoms with Crippen molar-refractivity contribution in [1.29, 1.82) is 5.26 Å². The zero-order chi connectivity index (χ0) is 22.9. The average molecular weight is 490 g/mol. The van der Waals surface area contributed by atoms with Gasteiger partial charge in [0.1, 0.15) is 17.8 Å². The third-order valence-corrected chi connectivity index (χ3v) is 4.72. The van der Waals surface area contributed by atoms with E-state index in [2.05, 4.69) is 32.5 Å². The Morgan fingerprint density at radius 3 is 2.30 bits per heavy atom. The molecule has 1 rings (SSSR count). The fraction of sp³-hybridized carbons (Fsp3) is 0.524. The maximum Gasteiger partial charge on any atom is 0.407 e. The fourth-order valence-corrected chi connectivity index (χ4v) is 3.06. The van der Waals surface area contributed by atoms with Crippen molar-refractivity contribution in [3.63, 3.8) is 0 Å². The second kappa shape index (κ2) is 11.3. The molecule has 0 aliphatic carbocycles. The number of alkyl halides is 4. The lowest BCUT2D eigenvalue weighted by Crippen LogP contribution is -2.52. The highest BCUT2D eigenvalue weighted by atomic mass is 79.9. The van der Waals surface area contributed by atoms with Crippen molar-refractivity contribution in [3.05, 3.63) is 34.3 Å². The first-order valence-electron chi connectivity index (χ1n) is 9.28. The van der Waals surface area contributed by atoms with Crippen LogP contribution in [0.1, 0.15) is 51.1 Å². The van der Waals surface area contributed by atoms with E-state index in [-0.39, 0.29) is 12.0 Å². The van der Waals surface area contributed by atoms with Crippen LogP contribution in [0.25, 0.3) is 0 Å². The number of carbonyl (C=O) groups is 1. The molecular weight excluding hydrogens is 466 g/mol. The lowest BCUT2D eigenvalue weighted by atomic mass is 9.97. The fourth-order valence-electron chi connectivity index (χ4n) is 2.80. The minimum atomic E-state index is -4.73. The summed E-state index contributed by atoms with van der Waals surface area (Å²) in [6.45, 7) is 2.34. The Bertz CT molecular complexity index is 776. The molecule has 9 heteroatoms. The van der Waals surface area contributed by atoms with E-state index < -0.39 is 42.3 Å². The Hall–Kier alpha value is -2.10. The van der Waals surface area contributed by atoms with Crippen LogP contribution in [0.3, 0.4) is 0 Å². The highest BCUT2D eigenvalue weighted by Gasteiger charge is 2.43. The SMILES string of the molecule is C#CCCCC(C#N)NC(=O)[C@H](CC(C)(C)F)NC(c1ccc(Br)cc1)C(F)(F)F. The minimum absolute atomic E-state index is 0.119. The van der Waals surface area contributed by atoms with Gasteiger partial charge in [-0.2, -0.15) is 18.4 Å². The number of terminal acetylenes is 1. The van der Waals surface area contributed by atoms with Crippen molar-refractivity contribution < 1.29 is 22.4 Å². The summed E-state index contributed by atoms with van der Waals surface area (Å²) in [5, 5.41) is 13.9. The van der Waals surface area contributed by atoms with Gasteiger partial charge in [-0.05, 0) is 44.4 Å². The van der Waals surface area contributed by atoms with Gasteiger partial charge in [0, 0.05) is 17.3 Å². The Morgan fingerprint density at radius 2 is 1.83 bits per heavy atom. The average Bonchev–Trinajstić information content (AvgIpc) is 2.63. The summed E-state index contributed by atoms with van der Waals surface area (Å²) in [6, 6.07) is 2.67. The summed E-state index contributed by atoms with van der Waals surface area (Å²) in [5.41, 5.74) is -2.04. The molecule has 0 heterocycles. The molecule has 164 valence electrons. The van der Waals surface area contributed by atoms with Crippen LogP contribution < -0.4 is 10.6 Å². The molecule has 30 heavy (non-hydrogen) atoms. The Labute approximate surface area is 182 Å². The number of benzene rings is 1. The maximum atomic E-state index is 14.3. The highest BCUT2D eigenvalue weighted by Crippen LogP contribution is 2.34. The summed E-state index contributed by atoms with van der Waals surface area (Å²) in [6.07, 6.45) is 1.02. The van der Waals surface area contributed by atoms with Crippen LogP contribution in [0.2, 0.25) is 0 Å². The van der Waals surface area contributed by atoms with Crippen LogP contribution in [0.4, 0.5) is 17.6 Å². The van der Waals surface area contributed by atoms with Gasteiger partial charge >= 0.3 is 6.18 Å². The van der Waals surface area contributed by atoms with Gasteiger partial charge in [-0.15, -0.1) is 12.3 Å². The first-order valence-corrected chi connectivity index (χ1v) is 10.1. The van der Waals surface area contributed by atoms with Crippen molar-refractivity contribution in [2.24, 2.45) is 0 Å². The molecule has 0 saturated heterocycles. The maximum absolute atomic E-state index is 14.3. The van der Waals surface area contributed by atoms with E-state index in [1.54, 1.807) is 0 Å². The second-order valence-electron chi connectivity index (χ2n) is 7.45. The summed E-state index contributed by atoms with van der Waals surface area (Å²) in [5.74, 6) is 1.53. The molecule has 0 aromatic heterocycles. The molecule has 2 unspecified atom stereocenters. The first kappa shape index (κ1) is 25.9. The topological polar surface area (TPSA) is 64.9 Å². The summed E-state index contributed by atoms with van der Waals surface area (Å²) in [7, 11) is 0. The van der Waals surface area contributed by atoms with E-state index in [4.69, 9.17) is 6.42 Å². The number of halogens is 5. The van der Waals surface area contributed by atoms with Crippen molar-refractivity contribution >= 4 is 21.8 Å². The molecule has 0 bridgehead atoms. The monoisotopic (exact) mass is 489 g/mol. The number of unbranched alkanes of at least 4 members (excludes halogenated alkanes) is 1. The molecule has 4 nitrogen and oxygen atoms in total. The van der Waals surface area contributed by atoms with E-state index >= 15 is 0 Å². The van der Waals surface area contributed by atoms with Crippen LogP contribution in [0.5, 0.6) is 0 Å². The zero-order valence-electron chi connectivity index (χ0n) is 16.7. The van der Waals surface area contributed by atoms with Crippen LogP contribution >= 0.6 is 15.9 Å². The molecule has 2 N–H and O–H groups in total. The van der Waals surface area contributed by atoms with Crippen molar-refractivity contribution in [1.82, 2.24) is 10.6 Å². The predicted molar refractivity (Wildman–Crippen MR) is 110 cm³/mol. The van der Waals surface area contributed by atoms with Crippen molar-refractivity contribution in [3.8, 4) is 18.4 Å². The first-order chi connectivity index (χ1) is 13.9. The summed E-state index contributed by atoms with van der Waals surface area (Å²) in [4.78, 5) is 12.7. The molecule has 0 aliphatic heterocycles. The molecule has 0 aliphatic rings. The zero-order valence-corrected chi connectivity index (χ0v) is 18.3. The van der Waals surface area contributed by atoms with Crippen molar-refractivity contribution in [2.75, 3.05) is 0 Å². The quantitative estimate of drug-likeness (QED) is 0.277. The van der Waals surface area contributed by atoms with E-state index in [1.165, 1.54) is 38.1 Å². The molecule has 3 atom stereocenters. The molecular formula is C21H24BrF4N3O. The van der Waals surface area contributed by atoms with Gasteiger partial charge in [-0.3, -0.25) is 10.1 Å². The molecule has 1 amide bonds. The van der Waals surface area contributed by atoms with Crippen LogP contribution in [-0.4, -0.2) is 29.8 Å². The largest absolute Gasteiger partial charge is 0.407 e. The van der Waals surface area contributed by atoms with Gasteiger partial charge in [-0.25, -0.2) is 4.39 Å². The number of hydrogen-bond acceptors (Lipinski definition) is 3. The van der Waals surface area contributed by atoms with Gasteiger partial charge < -0.3 is 5.32 Å². The number of carbonyl (C=O) groups excluding carboxylic acids is 1. The molecule has 0 fully saturated rings. The Balaban J connectivity index is 3.10. The standard InChI is InChI=1S/C21H24BrF4N3O/c1-4-5-6-7-16(13-27)28-19(30)17(12-20(2,3)23)29-18(21(24,25)26)14-8-10-15(22)11-9-14/h1,8-11,16-18,29H,5-7,12H2,2-3H3,(H,28,30)/t16?,17-,18?/m0/s1. The van der Waals surface area contributed by atoms with E-state index in [0.29, 0.717) is 17.3 Å². The summed E-state index contributed by atoms with van der Waals surface area (Å²) < 4.78 is 56.0. The van der Waals surface area contributed by atoms with Crippen LogP contribution in [-0.2, 0) is 4.79 Å². The normalized spacial score (nSPS) is 14.8. The third kappa shape index (κ3) is 9.15. The summed E-state index contributed by atoms with van der Waals surface area (Å²) >= 11 is 3.16. The molecule has 0 saturated carbocycles. The van der Waals surface area contributed by atoms with Gasteiger partial charge in [-0.1, -0.05) is 28.1 Å². The minimum Gasteiger partial charge on any atom is -0.339 e. The van der Waals surface area contributed by atoms with Crippen molar-refractivity contribution in [2.45, 2.75) is 69.5 Å². The van der Waals surface area contributed by atoms with Gasteiger partial charge in [0.15, 0.2) is 0 Å². The van der Waals surface area contributed by atoms with E-state index in [9.17, 15) is 27.6 Å². The second-order valence-corrected chi connectivity index (χ2v) is 8.37. The van der Waals surface area contributed by atoms with E-state index in [1.807, 2.05) is 6.07 Å². The molecule has 1 aromatic carbocycles. The molecule has 0 radical (unpaired) electrons. The number of nitriles is 1.